The maximum absolute atomic E-state index is 12.3. The molecule has 1 aliphatic heterocycles. The highest BCUT2D eigenvalue weighted by Crippen LogP contribution is 2.35. The Morgan fingerprint density at radius 3 is 3.00 bits per heavy atom. The Hall–Kier alpha value is -2.69. The quantitative estimate of drug-likeness (QED) is 0.859. The van der Waals surface area contributed by atoms with Gasteiger partial charge in [0.1, 0.15) is 12.4 Å². The summed E-state index contributed by atoms with van der Waals surface area (Å²) in [4.78, 5) is 12.3. The maximum Gasteiger partial charge on any atom is 0.255 e. The van der Waals surface area contributed by atoms with Gasteiger partial charge in [0, 0.05) is 0 Å². The van der Waals surface area contributed by atoms with Gasteiger partial charge in [0.2, 0.25) is 6.79 Å². The third kappa shape index (κ3) is 2.89. The fourth-order valence-electron chi connectivity index (χ4n) is 3.18. The maximum atomic E-state index is 12.3. The van der Waals surface area contributed by atoms with Crippen LogP contribution in [0.25, 0.3) is 0 Å². The number of aryl methyl sites for hydroxylation is 2. The van der Waals surface area contributed by atoms with Crippen molar-refractivity contribution in [1.29, 1.82) is 0 Å². The Morgan fingerprint density at radius 1 is 1.12 bits per heavy atom. The van der Waals surface area contributed by atoms with Crippen LogP contribution in [0.3, 0.4) is 0 Å². The third-order valence-corrected chi connectivity index (χ3v) is 4.37. The summed E-state index contributed by atoms with van der Waals surface area (Å²) in [5.41, 5.74) is 3.30. The predicted molar refractivity (Wildman–Crippen MR) is 88.9 cm³/mol. The largest absolute Gasteiger partial charge is 0.492 e. The number of fused-ring (bicyclic) bond motifs is 2. The zero-order chi connectivity index (χ0) is 16.4. The van der Waals surface area contributed by atoms with Gasteiger partial charge in [0.05, 0.1) is 12.1 Å². The molecule has 4 rings (SSSR count). The van der Waals surface area contributed by atoms with Gasteiger partial charge in [0.25, 0.3) is 5.91 Å². The molecule has 0 saturated carbocycles. The molecule has 0 aromatic heterocycles. The lowest BCUT2D eigenvalue weighted by Crippen LogP contribution is -2.28. The van der Waals surface area contributed by atoms with Crippen molar-refractivity contribution in [1.82, 2.24) is 5.32 Å². The predicted octanol–water partition coefficient (Wildman–Crippen LogP) is 2.71. The van der Waals surface area contributed by atoms with Gasteiger partial charge in [0.15, 0.2) is 11.5 Å². The molecule has 0 saturated heterocycles. The van der Waals surface area contributed by atoms with Gasteiger partial charge in [-0.15, -0.1) is 0 Å². The van der Waals surface area contributed by atoms with Crippen LogP contribution in [0.2, 0.25) is 0 Å². The van der Waals surface area contributed by atoms with Gasteiger partial charge in [-0.25, -0.2) is 0 Å². The normalized spacial score (nSPS) is 14.3. The number of amides is 1. The number of nitrogens with one attached hydrogen (secondary N) is 1. The molecule has 0 unspecified atom stereocenters. The molecule has 124 valence electrons. The number of carbonyl (C=O) groups excluding carboxylic acids is 1. The zero-order valence-electron chi connectivity index (χ0n) is 13.3. The van der Waals surface area contributed by atoms with Crippen LogP contribution in [0.4, 0.5) is 0 Å². The van der Waals surface area contributed by atoms with Gasteiger partial charge in [-0.2, -0.15) is 0 Å². The lowest BCUT2D eigenvalue weighted by molar-refractivity contribution is 0.0942. The Balaban J connectivity index is 1.30. The average Bonchev–Trinajstić information content (AvgIpc) is 3.26. The highest BCUT2D eigenvalue weighted by molar-refractivity contribution is 5.97. The van der Waals surface area contributed by atoms with Gasteiger partial charge >= 0.3 is 0 Å². The SMILES string of the molecule is O=C(NCCOc1ccc2c(c1)CCC2)c1cccc2c1OCO2. The lowest BCUT2D eigenvalue weighted by atomic mass is 10.1. The minimum absolute atomic E-state index is 0.154. The van der Waals surface area contributed by atoms with E-state index in [0.717, 1.165) is 12.2 Å². The molecule has 0 fully saturated rings. The first-order valence-electron chi connectivity index (χ1n) is 8.23. The third-order valence-electron chi connectivity index (χ3n) is 4.37. The van der Waals surface area contributed by atoms with Gasteiger partial charge < -0.3 is 19.5 Å². The average molecular weight is 325 g/mol. The Morgan fingerprint density at radius 2 is 2.04 bits per heavy atom. The van der Waals surface area contributed by atoms with Gasteiger partial charge in [-0.1, -0.05) is 12.1 Å². The molecule has 0 radical (unpaired) electrons. The summed E-state index contributed by atoms with van der Waals surface area (Å²) in [5, 5.41) is 2.85. The van der Waals surface area contributed by atoms with Crippen LogP contribution in [-0.2, 0) is 12.8 Å². The molecule has 24 heavy (non-hydrogen) atoms. The van der Waals surface area contributed by atoms with Crippen molar-refractivity contribution in [3.8, 4) is 17.2 Å². The molecule has 5 nitrogen and oxygen atoms in total. The summed E-state index contributed by atoms with van der Waals surface area (Å²) in [6, 6.07) is 11.5. The van der Waals surface area contributed by atoms with Crippen molar-refractivity contribution in [3.63, 3.8) is 0 Å². The van der Waals surface area contributed by atoms with Gasteiger partial charge in [-0.05, 0) is 54.7 Å². The second-order valence-corrected chi connectivity index (χ2v) is 5.93. The minimum atomic E-state index is -0.185. The second kappa shape index (κ2) is 6.43. The van der Waals surface area contributed by atoms with E-state index in [1.165, 1.54) is 24.0 Å². The summed E-state index contributed by atoms with van der Waals surface area (Å²) in [7, 11) is 0. The number of hydrogen-bond acceptors (Lipinski definition) is 4. The van der Waals surface area contributed by atoms with E-state index in [9.17, 15) is 4.79 Å². The molecule has 1 N–H and O–H groups in total. The van der Waals surface area contributed by atoms with E-state index in [0.29, 0.717) is 30.2 Å². The number of benzene rings is 2. The fraction of sp³-hybridized carbons (Fsp3) is 0.316. The van der Waals surface area contributed by atoms with Crippen molar-refractivity contribution in [3.05, 3.63) is 53.1 Å². The molecule has 1 amide bonds. The van der Waals surface area contributed by atoms with Crippen LogP contribution in [0, 0.1) is 0 Å². The van der Waals surface area contributed by atoms with Crippen LogP contribution in [0.1, 0.15) is 27.9 Å². The molecule has 0 spiro atoms. The summed E-state index contributed by atoms with van der Waals surface area (Å²) < 4.78 is 16.4. The molecule has 2 aliphatic rings. The van der Waals surface area contributed by atoms with Crippen LogP contribution < -0.4 is 19.5 Å². The van der Waals surface area contributed by atoms with E-state index in [1.807, 2.05) is 6.07 Å². The van der Waals surface area contributed by atoms with E-state index in [-0.39, 0.29) is 12.7 Å². The van der Waals surface area contributed by atoms with E-state index in [1.54, 1.807) is 18.2 Å². The molecule has 2 aromatic carbocycles. The van der Waals surface area contributed by atoms with Crippen molar-refractivity contribution < 1.29 is 19.0 Å². The highest BCUT2D eigenvalue weighted by Gasteiger charge is 2.21. The lowest BCUT2D eigenvalue weighted by Gasteiger charge is -2.10. The number of hydrogen-bond donors (Lipinski definition) is 1. The Labute approximate surface area is 140 Å². The second-order valence-electron chi connectivity index (χ2n) is 5.93. The molecular formula is C19H19NO4. The molecule has 2 aromatic rings. The molecule has 1 aliphatic carbocycles. The topological polar surface area (TPSA) is 56.8 Å². The highest BCUT2D eigenvalue weighted by atomic mass is 16.7. The zero-order valence-corrected chi connectivity index (χ0v) is 13.3. The van der Waals surface area contributed by atoms with Crippen LogP contribution in [0.15, 0.2) is 36.4 Å². The van der Waals surface area contributed by atoms with Crippen LogP contribution >= 0.6 is 0 Å². The first kappa shape index (κ1) is 14.9. The van der Waals surface area contributed by atoms with Crippen molar-refractivity contribution in [2.24, 2.45) is 0 Å². The van der Waals surface area contributed by atoms with E-state index < -0.39 is 0 Å². The number of para-hydroxylation sites is 1. The summed E-state index contributed by atoms with van der Waals surface area (Å²) >= 11 is 0. The molecule has 0 atom stereocenters. The Kier molecular flexibility index (Phi) is 3.99. The minimum Gasteiger partial charge on any atom is -0.492 e. The van der Waals surface area contributed by atoms with Crippen molar-refractivity contribution >= 4 is 5.91 Å². The molecule has 0 bridgehead atoms. The van der Waals surface area contributed by atoms with Crippen molar-refractivity contribution in [2.75, 3.05) is 19.9 Å². The van der Waals surface area contributed by atoms with Crippen LogP contribution in [0.5, 0.6) is 17.2 Å². The standard InChI is InChI=1S/C19H19NO4/c21-19(16-5-2-6-17-18(16)24-12-23-17)20-9-10-22-15-8-7-13-3-1-4-14(13)11-15/h2,5-8,11H,1,3-4,9-10,12H2,(H,20,21). The Bertz CT molecular complexity index is 772. The molecule has 5 heteroatoms. The molecular weight excluding hydrogens is 306 g/mol. The summed E-state index contributed by atoms with van der Waals surface area (Å²) in [6.45, 7) is 1.01. The van der Waals surface area contributed by atoms with E-state index in [4.69, 9.17) is 14.2 Å². The summed E-state index contributed by atoms with van der Waals surface area (Å²) in [5.74, 6) is 1.80. The smallest absolute Gasteiger partial charge is 0.255 e. The fourth-order valence-corrected chi connectivity index (χ4v) is 3.18. The van der Waals surface area contributed by atoms with E-state index >= 15 is 0 Å². The monoisotopic (exact) mass is 325 g/mol. The van der Waals surface area contributed by atoms with E-state index in [2.05, 4.69) is 17.4 Å². The van der Waals surface area contributed by atoms with Crippen LogP contribution in [-0.4, -0.2) is 25.9 Å². The number of rotatable bonds is 5. The van der Waals surface area contributed by atoms with Crippen molar-refractivity contribution in [2.45, 2.75) is 19.3 Å². The first-order chi connectivity index (χ1) is 11.8. The van der Waals surface area contributed by atoms with Gasteiger partial charge in [-0.3, -0.25) is 4.79 Å². The molecule has 1 heterocycles. The number of carbonyl (C=O) groups is 1. The summed E-state index contributed by atoms with van der Waals surface area (Å²) in [6.07, 6.45) is 3.52. The first-order valence-corrected chi connectivity index (χ1v) is 8.23. The number of ether oxygens (including phenoxy) is 3.